The summed E-state index contributed by atoms with van der Waals surface area (Å²) in [7, 11) is 1.44. The molecule has 0 spiro atoms. The number of aliphatic carboxylic acids is 1. The largest absolute Gasteiger partial charge is 0.503 e. The fraction of sp³-hybridized carbons (Fsp3) is 0.200. The molecule has 0 saturated heterocycles. The standard InChI is InChI=1S/C15H15NO3S2/c1-10-16-11(8-20-10)9-21-14-6-4-3-5-12(14)13(7-19-2)15(17)18/h3-8H,9H2,1-2H3,(H,17,18). The van der Waals surface area contributed by atoms with Crippen molar-refractivity contribution in [1.29, 1.82) is 0 Å². The Morgan fingerprint density at radius 2 is 2.24 bits per heavy atom. The summed E-state index contributed by atoms with van der Waals surface area (Å²) in [6.45, 7) is 1.97. The van der Waals surface area contributed by atoms with E-state index in [1.165, 1.54) is 13.4 Å². The molecule has 0 aliphatic carbocycles. The van der Waals surface area contributed by atoms with Crippen molar-refractivity contribution >= 4 is 34.6 Å². The van der Waals surface area contributed by atoms with Gasteiger partial charge in [0.05, 0.1) is 24.1 Å². The maximum Gasteiger partial charge on any atom is 0.339 e. The summed E-state index contributed by atoms with van der Waals surface area (Å²) < 4.78 is 4.88. The van der Waals surface area contributed by atoms with Crippen molar-refractivity contribution in [3.8, 4) is 0 Å². The fourth-order valence-corrected chi connectivity index (χ4v) is 3.47. The minimum absolute atomic E-state index is 0.148. The van der Waals surface area contributed by atoms with Gasteiger partial charge in [0, 0.05) is 21.6 Å². The van der Waals surface area contributed by atoms with E-state index in [-0.39, 0.29) is 5.57 Å². The lowest BCUT2D eigenvalue weighted by Crippen LogP contribution is -2.01. The normalized spacial score (nSPS) is 11.4. The third-order valence-corrected chi connectivity index (χ3v) is 4.61. The molecule has 21 heavy (non-hydrogen) atoms. The molecule has 1 aromatic heterocycles. The Morgan fingerprint density at radius 1 is 1.48 bits per heavy atom. The molecule has 0 radical (unpaired) electrons. The van der Waals surface area contributed by atoms with E-state index in [4.69, 9.17) is 4.74 Å². The van der Waals surface area contributed by atoms with Crippen molar-refractivity contribution in [1.82, 2.24) is 4.98 Å². The molecular weight excluding hydrogens is 306 g/mol. The van der Waals surface area contributed by atoms with Gasteiger partial charge in [-0.3, -0.25) is 0 Å². The predicted octanol–water partition coefficient (Wildman–Crippen LogP) is 3.82. The number of methoxy groups -OCH3 is 1. The molecule has 2 aromatic rings. The van der Waals surface area contributed by atoms with E-state index in [2.05, 4.69) is 4.98 Å². The van der Waals surface area contributed by atoms with Crippen LogP contribution >= 0.6 is 23.1 Å². The first-order valence-corrected chi connectivity index (χ1v) is 8.08. The van der Waals surface area contributed by atoms with Gasteiger partial charge in [-0.05, 0) is 13.0 Å². The van der Waals surface area contributed by atoms with Gasteiger partial charge >= 0.3 is 5.97 Å². The van der Waals surface area contributed by atoms with Gasteiger partial charge in [0.15, 0.2) is 0 Å². The first-order valence-electron chi connectivity index (χ1n) is 6.21. The smallest absolute Gasteiger partial charge is 0.339 e. The van der Waals surface area contributed by atoms with Crippen molar-refractivity contribution in [3.05, 3.63) is 52.2 Å². The average Bonchev–Trinajstić information content (AvgIpc) is 2.88. The van der Waals surface area contributed by atoms with Crippen LogP contribution in [-0.4, -0.2) is 23.2 Å². The summed E-state index contributed by atoms with van der Waals surface area (Å²) in [6, 6.07) is 7.41. The second-order valence-electron chi connectivity index (χ2n) is 4.22. The summed E-state index contributed by atoms with van der Waals surface area (Å²) in [5.41, 5.74) is 1.81. The van der Waals surface area contributed by atoms with Crippen LogP contribution in [0.25, 0.3) is 5.57 Å². The number of hydrogen-bond donors (Lipinski definition) is 1. The van der Waals surface area contributed by atoms with Crippen LogP contribution in [0.4, 0.5) is 0 Å². The Hall–Kier alpha value is -1.79. The van der Waals surface area contributed by atoms with Crippen LogP contribution in [0.3, 0.4) is 0 Å². The Kier molecular flexibility index (Phi) is 5.41. The van der Waals surface area contributed by atoms with Gasteiger partial charge in [-0.15, -0.1) is 23.1 Å². The van der Waals surface area contributed by atoms with Gasteiger partial charge in [0.2, 0.25) is 0 Å². The summed E-state index contributed by atoms with van der Waals surface area (Å²) in [5.74, 6) is -0.296. The fourth-order valence-electron chi connectivity index (χ4n) is 1.79. The highest BCUT2D eigenvalue weighted by atomic mass is 32.2. The molecule has 1 aromatic carbocycles. The van der Waals surface area contributed by atoms with Crippen molar-refractivity contribution in [3.63, 3.8) is 0 Å². The van der Waals surface area contributed by atoms with E-state index in [1.807, 2.05) is 30.5 Å². The van der Waals surface area contributed by atoms with Crippen LogP contribution in [0.15, 0.2) is 40.8 Å². The predicted molar refractivity (Wildman–Crippen MR) is 85.5 cm³/mol. The number of nitrogens with zero attached hydrogens (tertiary/aromatic N) is 1. The van der Waals surface area contributed by atoms with Crippen LogP contribution in [0.2, 0.25) is 0 Å². The molecule has 0 aliphatic rings. The SMILES string of the molecule is COC=C(C(=O)O)c1ccccc1SCc1csc(C)n1. The highest BCUT2D eigenvalue weighted by molar-refractivity contribution is 7.98. The average molecular weight is 321 g/mol. The van der Waals surface area contributed by atoms with Crippen LogP contribution in [0.1, 0.15) is 16.3 Å². The van der Waals surface area contributed by atoms with Gasteiger partial charge in [0.25, 0.3) is 0 Å². The number of thiazole rings is 1. The van der Waals surface area contributed by atoms with E-state index >= 15 is 0 Å². The molecule has 0 amide bonds. The lowest BCUT2D eigenvalue weighted by Gasteiger charge is -2.09. The van der Waals surface area contributed by atoms with Crippen LogP contribution in [-0.2, 0) is 15.3 Å². The third kappa shape index (κ3) is 4.09. The maximum atomic E-state index is 11.4. The van der Waals surface area contributed by atoms with Crippen LogP contribution in [0, 0.1) is 6.92 Å². The molecule has 6 heteroatoms. The number of benzene rings is 1. The Bertz CT molecular complexity index is 664. The second kappa shape index (κ2) is 7.28. The molecule has 4 nitrogen and oxygen atoms in total. The van der Waals surface area contributed by atoms with E-state index < -0.39 is 5.97 Å². The molecule has 0 aliphatic heterocycles. The Morgan fingerprint density at radius 3 is 2.86 bits per heavy atom. The maximum absolute atomic E-state index is 11.4. The molecule has 0 bridgehead atoms. The van der Waals surface area contributed by atoms with Crippen LogP contribution < -0.4 is 0 Å². The second-order valence-corrected chi connectivity index (χ2v) is 6.29. The lowest BCUT2D eigenvalue weighted by atomic mass is 10.1. The quantitative estimate of drug-likeness (QED) is 0.498. The van der Waals surface area contributed by atoms with Crippen LogP contribution in [0.5, 0.6) is 0 Å². The summed E-state index contributed by atoms with van der Waals surface area (Å²) >= 11 is 3.18. The minimum Gasteiger partial charge on any atom is -0.503 e. The van der Waals surface area contributed by atoms with Gasteiger partial charge in [-0.2, -0.15) is 0 Å². The first-order chi connectivity index (χ1) is 10.1. The minimum atomic E-state index is -1.01. The number of carboxylic acid groups (broad SMARTS) is 1. The summed E-state index contributed by atoms with van der Waals surface area (Å²) in [5, 5.41) is 12.4. The number of aromatic nitrogens is 1. The molecule has 0 unspecified atom stereocenters. The van der Waals surface area contributed by atoms with Gasteiger partial charge < -0.3 is 9.84 Å². The monoisotopic (exact) mass is 321 g/mol. The van der Waals surface area contributed by atoms with Crippen molar-refractivity contribution in [2.24, 2.45) is 0 Å². The molecule has 0 atom stereocenters. The molecule has 1 heterocycles. The summed E-state index contributed by atoms with van der Waals surface area (Å²) in [4.78, 5) is 16.7. The highest BCUT2D eigenvalue weighted by Gasteiger charge is 2.15. The van der Waals surface area contributed by atoms with Crippen molar-refractivity contribution in [2.75, 3.05) is 7.11 Å². The topological polar surface area (TPSA) is 59.4 Å². The van der Waals surface area contributed by atoms with Gasteiger partial charge in [0.1, 0.15) is 5.57 Å². The van der Waals surface area contributed by atoms with E-state index in [0.717, 1.165) is 15.6 Å². The van der Waals surface area contributed by atoms with Gasteiger partial charge in [-0.25, -0.2) is 9.78 Å². The number of hydrogen-bond acceptors (Lipinski definition) is 5. The molecule has 2 rings (SSSR count). The summed E-state index contributed by atoms with van der Waals surface area (Å²) in [6.07, 6.45) is 1.26. The molecule has 0 fully saturated rings. The molecule has 110 valence electrons. The van der Waals surface area contributed by atoms with E-state index in [9.17, 15) is 9.90 Å². The third-order valence-electron chi connectivity index (χ3n) is 2.69. The Balaban J connectivity index is 2.24. The zero-order chi connectivity index (χ0) is 15.2. The van der Waals surface area contributed by atoms with Gasteiger partial charge in [-0.1, -0.05) is 18.2 Å². The number of carboxylic acids is 1. The molecule has 0 saturated carbocycles. The number of rotatable bonds is 6. The van der Waals surface area contributed by atoms with E-state index in [0.29, 0.717) is 11.3 Å². The van der Waals surface area contributed by atoms with E-state index in [1.54, 1.807) is 29.2 Å². The number of aryl methyl sites for hydroxylation is 1. The highest BCUT2D eigenvalue weighted by Crippen LogP contribution is 2.31. The first kappa shape index (κ1) is 15.6. The lowest BCUT2D eigenvalue weighted by molar-refractivity contribution is -0.130. The zero-order valence-electron chi connectivity index (χ0n) is 11.7. The molecule has 1 N–H and O–H groups in total. The van der Waals surface area contributed by atoms with Crippen molar-refractivity contribution < 1.29 is 14.6 Å². The number of thioether (sulfide) groups is 1. The Labute approximate surface area is 131 Å². The van der Waals surface area contributed by atoms with Crippen molar-refractivity contribution in [2.45, 2.75) is 17.6 Å². The zero-order valence-corrected chi connectivity index (χ0v) is 13.3. The number of ether oxygens (including phenoxy) is 1. The molecular formula is C15H15NO3S2. The number of carbonyl (C=O) groups is 1.